The number of benzene rings is 1. The average Bonchev–Trinajstić information content (AvgIpc) is 2.48. The van der Waals surface area contributed by atoms with E-state index in [9.17, 15) is 14.0 Å². The third-order valence-corrected chi connectivity index (χ3v) is 3.24. The van der Waals surface area contributed by atoms with E-state index in [0.29, 0.717) is 25.2 Å². The molecule has 0 aliphatic carbocycles. The molecule has 3 N–H and O–H groups in total. The number of piperidine rings is 1. The second-order valence-corrected chi connectivity index (χ2v) is 4.92. The van der Waals surface area contributed by atoms with Crippen molar-refractivity contribution in [3.05, 3.63) is 30.1 Å². The van der Waals surface area contributed by atoms with Gasteiger partial charge in [0.05, 0.1) is 12.0 Å². The molecule has 2 unspecified atom stereocenters. The van der Waals surface area contributed by atoms with Crippen LogP contribution in [-0.2, 0) is 14.3 Å². The van der Waals surface area contributed by atoms with Crippen LogP contribution in [0.4, 0.5) is 10.1 Å². The minimum absolute atomic E-state index is 0.171. The van der Waals surface area contributed by atoms with Crippen molar-refractivity contribution >= 4 is 17.6 Å². The Morgan fingerprint density at radius 2 is 2.05 bits per heavy atom. The molecule has 1 amide bonds. The fourth-order valence-corrected chi connectivity index (χ4v) is 2.14. The third-order valence-electron chi connectivity index (χ3n) is 3.24. The Morgan fingerprint density at radius 3 is 2.71 bits per heavy atom. The maximum Gasteiger partial charge on any atom is 0.307 e. The molecule has 1 heterocycles. The number of aliphatic carboxylic acids is 1. The van der Waals surface area contributed by atoms with E-state index >= 15 is 0 Å². The highest BCUT2D eigenvalue weighted by atomic mass is 19.1. The van der Waals surface area contributed by atoms with E-state index in [1.165, 1.54) is 24.3 Å². The number of hydrogen-bond acceptors (Lipinski definition) is 4. The van der Waals surface area contributed by atoms with Crippen molar-refractivity contribution in [2.75, 3.05) is 25.0 Å². The van der Waals surface area contributed by atoms with Crippen molar-refractivity contribution in [2.45, 2.75) is 12.5 Å². The smallest absolute Gasteiger partial charge is 0.307 e. The van der Waals surface area contributed by atoms with Crippen LogP contribution >= 0.6 is 0 Å². The Kier molecular flexibility index (Phi) is 5.24. The Hall–Kier alpha value is -1.99. The Balaban J connectivity index is 1.76. The lowest BCUT2D eigenvalue weighted by atomic mass is 9.98. The summed E-state index contributed by atoms with van der Waals surface area (Å²) < 4.78 is 18.1. The zero-order valence-corrected chi connectivity index (χ0v) is 11.3. The summed E-state index contributed by atoms with van der Waals surface area (Å²) in [7, 11) is 0. The molecular weight excluding hydrogens is 279 g/mol. The van der Waals surface area contributed by atoms with Crippen molar-refractivity contribution in [2.24, 2.45) is 5.92 Å². The number of amides is 1. The third kappa shape index (κ3) is 4.80. The van der Waals surface area contributed by atoms with E-state index in [1.54, 1.807) is 0 Å². The van der Waals surface area contributed by atoms with Crippen LogP contribution in [0, 0.1) is 11.7 Å². The summed E-state index contributed by atoms with van der Waals surface area (Å²) in [6, 6.07) is 5.41. The number of ether oxygens (including phenoxy) is 1. The van der Waals surface area contributed by atoms with Gasteiger partial charge in [-0.15, -0.1) is 0 Å². The molecule has 2 atom stereocenters. The highest BCUT2D eigenvalue weighted by molar-refractivity contribution is 5.91. The molecule has 0 spiro atoms. The zero-order valence-electron chi connectivity index (χ0n) is 11.3. The van der Waals surface area contributed by atoms with Crippen LogP contribution in [0.1, 0.15) is 6.42 Å². The summed E-state index contributed by atoms with van der Waals surface area (Å²) in [5, 5.41) is 14.5. The summed E-state index contributed by atoms with van der Waals surface area (Å²) >= 11 is 0. The number of nitrogens with one attached hydrogen (secondary N) is 2. The van der Waals surface area contributed by atoms with Gasteiger partial charge in [0, 0.05) is 18.8 Å². The molecule has 1 aliphatic heterocycles. The average molecular weight is 296 g/mol. The van der Waals surface area contributed by atoms with E-state index < -0.39 is 11.9 Å². The molecule has 1 aromatic carbocycles. The van der Waals surface area contributed by atoms with E-state index in [-0.39, 0.29) is 24.4 Å². The predicted molar refractivity (Wildman–Crippen MR) is 73.4 cm³/mol. The number of hydrogen-bond donors (Lipinski definition) is 3. The van der Waals surface area contributed by atoms with E-state index in [1.807, 2.05) is 0 Å². The minimum Gasteiger partial charge on any atom is -0.481 e. The molecular formula is C14H17FN2O4. The van der Waals surface area contributed by atoms with Crippen molar-refractivity contribution in [1.82, 2.24) is 5.32 Å². The number of rotatable bonds is 5. The summed E-state index contributed by atoms with van der Waals surface area (Å²) in [5.41, 5.74) is 0.482. The molecule has 1 fully saturated rings. The van der Waals surface area contributed by atoms with Gasteiger partial charge < -0.3 is 20.5 Å². The first kappa shape index (κ1) is 15.4. The van der Waals surface area contributed by atoms with Gasteiger partial charge in [0.25, 0.3) is 0 Å². The molecule has 0 aromatic heterocycles. The molecule has 21 heavy (non-hydrogen) atoms. The first-order valence-corrected chi connectivity index (χ1v) is 6.65. The van der Waals surface area contributed by atoms with Crippen molar-refractivity contribution < 1.29 is 23.8 Å². The van der Waals surface area contributed by atoms with Gasteiger partial charge in [0.2, 0.25) is 5.91 Å². The highest BCUT2D eigenvalue weighted by Crippen LogP contribution is 2.14. The van der Waals surface area contributed by atoms with Gasteiger partial charge >= 0.3 is 5.97 Å². The van der Waals surface area contributed by atoms with Crippen LogP contribution in [0.25, 0.3) is 0 Å². The first-order chi connectivity index (χ1) is 10.0. The SMILES string of the molecule is O=C(COC1CNCC(C(=O)O)C1)Nc1ccc(F)cc1. The summed E-state index contributed by atoms with van der Waals surface area (Å²) in [6.07, 6.45) is 0.0745. The first-order valence-electron chi connectivity index (χ1n) is 6.65. The lowest BCUT2D eigenvalue weighted by molar-refractivity contribution is -0.144. The van der Waals surface area contributed by atoms with Crippen LogP contribution in [0.2, 0.25) is 0 Å². The molecule has 7 heteroatoms. The van der Waals surface area contributed by atoms with E-state index in [2.05, 4.69) is 10.6 Å². The second kappa shape index (κ2) is 7.14. The van der Waals surface area contributed by atoms with Crippen LogP contribution in [0.5, 0.6) is 0 Å². The number of halogens is 1. The van der Waals surface area contributed by atoms with Gasteiger partial charge in [-0.2, -0.15) is 0 Å². The van der Waals surface area contributed by atoms with Crippen molar-refractivity contribution in [3.8, 4) is 0 Å². The molecule has 0 saturated carbocycles. The minimum atomic E-state index is -0.869. The van der Waals surface area contributed by atoms with Gasteiger partial charge in [-0.25, -0.2) is 4.39 Å². The molecule has 6 nitrogen and oxygen atoms in total. The maximum atomic E-state index is 12.7. The summed E-state index contributed by atoms with van der Waals surface area (Å²) in [4.78, 5) is 22.6. The number of carbonyl (C=O) groups is 2. The standard InChI is InChI=1S/C14H17FN2O4/c15-10-1-3-11(4-2-10)17-13(18)8-21-12-5-9(14(19)20)6-16-7-12/h1-4,9,12,16H,5-8H2,(H,17,18)(H,19,20). The zero-order chi connectivity index (χ0) is 15.2. The van der Waals surface area contributed by atoms with Crippen LogP contribution < -0.4 is 10.6 Å². The van der Waals surface area contributed by atoms with Crippen LogP contribution in [0.15, 0.2) is 24.3 Å². The summed E-state index contributed by atoms with van der Waals surface area (Å²) in [5.74, 6) is -2.10. The highest BCUT2D eigenvalue weighted by Gasteiger charge is 2.27. The number of carboxylic acid groups (broad SMARTS) is 1. The number of carbonyl (C=O) groups excluding carboxylic acids is 1. The second-order valence-electron chi connectivity index (χ2n) is 4.92. The van der Waals surface area contributed by atoms with Crippen LogP contribution in [0.3, 0.4) is 0 Å². The fourth-order valence-electron chi connectivity index (χ4n) is 2.14. The van der Waals surface area contributed by atoms with E-state index in [4.69, 9.17) is 9.84 Å². The predicted octanol–water partition coefficient (Wildman–Crippen LogP) is 0.844. The largest absolute Gasteiger partial charge is 0.481 e. The van der Waals surface area contributed by atoms with Gasteiger partial charge in [-0.05, 0) is 30.7 Å². The molecule has 1 saturated heterocycles. The van der Waals surface area contributed by atoms with Gasteiger partial charge in [0.15, 0.2) is 0 Å². The molecule has 0 bridgehead atoms. The number of carboxylic acids is 1. The Labute approximate surface area is 121 Å². The van der Waals surface area contributed by atoms with Gasteiger partial charge in [0.1, 0.15) is 12.4 Å². The topological polar surface area (TPSA) is 87.7 Å². The normalized spacial score (nSPS) is 21.8. The van der Waals surface area contributed by atoms with Crippen LogP contribution in [-0.4, -0.2) is 42.8 Å². The van der Waals surface area contributed by atoms with Crippen molar-refractivity contribution in [3.63, 3.8) is 0 Å². The van der Waals surface area contributed by atoms with Crippen molar-refractivity contribution in [1.29, 1.82) is 0 Å². The number of anilines is 1. The summed E-state index contributed by atoms with van der Waals surface area (Å²) in [6.45, 7) is 0.765. The molecule has 2 rings (SSSR count). The Morgan fingerprint density at radius 1 is 1.33 bits per heavy atom. The molecule has 114 valence electrons. The Bertz CT molecular complexity index is 506. The van der Waals surface area contributed by atoms with Gasteiger partial charge in [-0.3, -0.25) is 9.59 Å². The lowest BCUT2D eigenvalue weighted by Gasteiger charge is -2.27. The molecule has 1 aromatic rings. The monoisotopic (exact) mass is 296 g/mol. The van der Waals surface area contributed by atoms with E-state index in [0.717, 1.165) is 0 Å². The molecule has 0 radical (unpaired) electrons. The quantitative estimate of drug-likeness (QED) is 0.749. The fraction of sp³-hybridized carbons (Fsp3) is 0.429. The van der Waals surface area contributed by atoms with Gasteiger partial charge in [-0.1, -0.05) is 0 Å². The molecule has 1 aliphatic rings. The maximum absolute atomic E-state index is 12.7. The lowest BCUT2D eigenvalue weighted by Crippen LogP contribution is -2.44.